The first-order valence-electron chi connectivity index (χ1n) is 9.97. The maximum Gasteiger partial charge on any atom is 0.243 e. The molecule has 3 rings (SSSR count). The van der Waals surface area contributed by atoms with Crippen molar-refractivity contribution in [2.45, 2.75) is 43.5 Å². The Morgan fingerprint density at radius 1 is 1.18 bits per heavy atom. The number of piperidine rings is 1. The normalized spacial score (nSPS) is 22.1. The number of hydrogen-bond donors (Lipinski definition) is 1. The second kappa shape index (κ2) is 9.03. The van der Waals surface area contributed by atoms with Crippen LogP contribution in [0.25, 0.3) is 0 Å². The number of likely N-dealkylation sites (N-methyl/N-ethyl adjacent to an activating group) is 1. The van der Waals surface area contributed by atoms with Crippen LogP contribution in [0.3, 0.4) is 0 Å². The van der Waals surface area contributed by atoms with Gasteiger partial charge in [0.1, 0.15) is 0 Å². The first kappa shape index (κ1) is 20.8. The summed E-state index contributed by atoms with van der Waals surface area (Å²) in [6, 6.07) is 8.36. The third-order valence-corrected chi connectivity index (χ3v) is 7.78. The number of carbonyl (C=O) groups is 1. The number of sulfonamides is 1. The van der Waals surface area contributed by atoms with Gasteiger partial charge in [-0.25, -0.2) is 8.42 Å². The summed E-state index contributed by atoms with van der Waals surface area (Å²) in [6.07, 6.45) is 3.36. The molecule has 1 atom stereocenters. The number of amides is 1. The van der Waals surface area contributed by atoms with Crippen LogP contribution < -0.4 is 5.32 Å². The molecule has 0 spiro atoms. The highest BCUT2D eigenvalue weighted by molar-refractivity contribution is 7.89. The quantitative estimate of drug-likeness (QED) is 0.777. The largest absolute Gasteiger partial charge is 0.354 e. The summed E-state index contributed by atoms with van der Waals surface area (Å²) in [5.74, 6) is -0.0951. The van der Waals surface area contributed by atoms with E-state index >= 15 is 0 Å². The number of hydrogen-bond acceptors (Lipinski definition) is 5. The zero-order chi connectivity index (χ0) is 20.1. The lowest BCUT2D eigenvalue weighted by atomic mass is 9.97. The van der Waals surface area contributed by atoms with Gasteiger partial charge < -0.3 is 5.32 Å². The Labute approximate surface area is 167 Å². The smallest absolute Gasteiger partial charge is 0.243 e. The van der Waals surface area contributed by atoms with Gasteiger partial charge in [-0.1, -0.05) is 6.92 Å². The van der Waals surface area contributed by atoms with Crippen molar-refractivity contribution in [1.82, 2.24) is 14.5 Å². The number of benzene rings is 1. The van der Waals surface area contributed by atoms with Crippen molar-refractivity contribution in [2.75, 3.05) is 32.7 Å². The van der Waals surface area contributed by atoms with Gasteiger partial charge in [0.05, 0.1) is 16.5 Å². The maximum atomic E-state index is 12.8. The second-order valence-electron chi connectivity index (χ2n) is 7.48. The van der Waals surface area contributed by atoms with Gasteiger partial charge in [-0.3, -0.25) is 9.69 Å². The second-order valence-corrected chi connectivity index (χ2v) is 9.42. The average molecular weight is 405 g/mol. The number of nitrogens with one attached hydrogen (secondary N) is 1. The van der Waals surface area contributed by atoms with Crippen molar-refractivity contribution < 1.29 is 13.2 Å². The molecule has 2 fully saturated rings. The van der Waals surface area contributed by atoms with Crippen LogP contribution in [0.4, 0.5) is 0 Å². The fourth-order valence-corrected chi connectivity index (χ4v) is 5.58. The number of carbonyl (C=O) groups excluding carboxylic acids is 1. The van der Waals surface area contributed by atoms with Crippen LogP contribution in [0.2, 0.25) is 0 Å². The Bertz CT molecular complexity index is 824. The van der Waals surface area contributed by atoms with Gasteiger partial charge in [0, 0.05) is 31.6 Å². The highest BCUT2D eigenvalue weighted by atomic mass is 32.2. The minimum atomic E-state index is -3.59. The standard InChI is InChI=1S/C20H28N4O3S/c1-2-23-11-3-4-18(23)15-22-20(25)17-9-12-24(13-10-17)28(26,27)19-7-5-16(14-21)6-8-19/h5-8,17-18H,2-4,9-13,15H2,1H3,(H,22,25)/t18-/m1/s1. The third-order valence-electron chi connectivity index (χ3n) is 5.86. The molecule has 0 aliphatic carbocycles. The van der Waals surface area contributed by atoms with Crippen LogP contribution in [0.15, 0.2) is 29.2 Å². The van der Waals surface area contributed by atoms with Crippen molar-refractivity contribution in [1.29, 1.82) is 5.26 Å². The summed E-state index contributed by atoms with van der Waals surface area (Å²) in [5, 5.41) is 11.9. The average Bonchev–Trinajstić information content (AvgIpc) is 3.19. The molecule has 2 saturated heterocycles. The molecule has 28 heavy (non-hydrogen) atoms. The predicted octanol–water partition coefficient (Wildman–Crippen LogP) is 1.56. The monoisotopic (exact) mass is 404 g/mol. The SMILES string of the molecule is CCN1CCC[C@@H]1CNC(=O)C1CCN(S(=O)(=O)c2ccc(C#N)cc2)CC1. The summed E-state index contributed by atoms with van der Waals surface area (Å²) in [4.78, 5) is 15.1. The zero-order valence-corrected chi connectivity index (χ0v) is 17.1. The lowest BCUT2D eigenvalue weighted by Gasteiger charge is -2.31. The van der Waals surface area contributed by atoms with E-state index < -0.39 is 10.0 Å². The molecule has 8 heteroatoms. The van der Waals surface area contributed by atoms with Gasteiger partial charge in [0.15, 0.2) is 0 Å². The summed E-state index contributed by atoms with van der Waals surface area (Å²) in [7, 11) is -3.59. The van der Waals surface area contributed by atoms with E-state index in [1.54, 1.807) is 0 Å². The molecule has 1 N–H and O–H groups in total. The molecular weight excluding hydrogens is 376 g/mol. The first-order chi connectivity index (χ1) is 13.5. The molecule has 1 aromatic rings. The van der Waals surface area contributed by atoms with Crippen LogP contribution in [0, 0.1) is 17.2 Å². The van der Waals surface area contributed by atoms with E-state index in [1.807, 2.05) is 6.07 Å². The topological polar surface area (TPSA) is 93.5 Å². The van der Waals surface area contributed by atoms with Gasteiger partial charge in [0.2, 0.25) is 15.9 Å². The van der Waals surface area contributed by atoms with Crippen molar-refractivity contribution in [3.05, 3.63) is 29.8 Å². The van der Waals surface area contributed by atoms with Crippen molar-refractivity contribution in [3.8, 4) is 6.07 Å². The van der Waals surface area contributed by atoms with Crippen molar-refractivity contribution >= 4 is 15.9 Å². The highest BCUT2D eigenvalue weighted by Gasteiger charge is 2.32. The van der Waals surface area contributed by atoms with Crippen molar-refractivity contribution in [3.63, 3.8) is 0 Å². The Balaban J connectivity index is 1.52. The van der Waals surface area contributed by atoms with E-state index in [1.165, 1.54) is 35.0 Å². The van der Waals surface area contributed by atoms with E-state index in [2.05, 4.69) is 17.1 Å². The Morgan fingerprint density at radius 3 is 2.46 bits per heavy atom. The molecule has 0 aromatic heterocycles. The molecule has 2 heterocycles. The number of rotatable bonds is 6. The van der Waals surface area contributed by atoms with Gasteiger partial charge in [-0.05, 0) is 63.0 Å². The molecule has 0 bridgehead atoms. The molecule has 2 aliphatic rings. The van der Waals surface area contributed by atoms with Crippen LogP contribution in [-0.2, 0) is 14.8 Å². The third kappa shape index (κ3) is 4.54. The summed E-state index contributed by atoms with van der Waals surface area (Å²) in [5.41, 5.74) is 0.429. The van der Waals surface area contributed by atoms with Crippen LogP contribution in [0.1, 0.15) is 38.2 Å². The van der Waals surface area contributed by atoms with Crippen LogP contribution in [-0.4, -0.2) is 62.3 Å². The molecule has 7 nitrogen and oxygen atoms in total. The predicted molar refractivity (Wildman–Crippen MR) is 106 cm³/mol. The summed E-state index contributed by atoms with van der Waals surface area (Å²) in [6.45, 7) is 5.60. The van der Waals surface area contributed by atoms with Gasteiger partial charge >= 0.3 is 0 Å². The van der Waals surface area contributed by atoms with E-state index in [0.717, 1.165) is 19.5 Å². The van der Waals surface area contributed by atoms with Crippen LogP contribution in [0.5, 0.6) is 0 Å². The fourth-order valence-electron chi connectivity index (χ4n) is 4.11. The Hall–Kier alpha value is -1.95. The number of nitriles is 1. The van der Waals surface area contributed by atoms with Crippen LogP contribution >= 0.6 is 0 Å². The van der Waals surface area contributed by atoms with Gasteiger partial charge in [-0.2, -0.15) is 9.57 Å². The molecule has 2 aliphatic heterocycles. The molecule has 0 radical (unpaired) electrons. The minimum Gasteiger partial charge on any atom is -0.354 e. The molecule has 0 saturated carbocycles. The highest BCUT2D eigenvalue weighted by Crippen LogP contribution is 2.24. The van der Waals surface area contributed by atoms with Crippen molar-refractivity contribution in [2.24, 2.45) is 5.92 Å². The fraction of sp³-hybridized carbons (Fsp3) is 0.600. The van der Waals surface area contributed by atoms with E-state index in [0.29, 0.717) is 44.1 Å². The lowest BCUT2D eigenvalue weighted by Crippen LogP contribution is -2.45. The molecule has 152 valence electrons. The Kier molecular flexibility index (Phi) is 6.70. The minimum absolute atomic E-state index is 0.0402. The number of nitrogens with zero attached hydrogens (tertiary/aromatic N) is 3. The molecule has 0 unspecified atom stereocenters. The Morgan fingerprint density at radius 2 is 1.86 bits per heavy atom. The molecular formula is C20H28N4O3S. The lowest BCUT2D eigenvalue weighted by molar-refractivity contribution is -0.126. The first-order valence-corrected chi connectivity index (χ1v) is 11.4. The van der Waals surface area contributed by atoms with E-state index in [-0.39, 0.29) is 16.7 Å². The van der Waals surface area contributed by atoms with E-state index in [4.69, 9.17) is 5.26 Å². The molecule has 1 aromatic carbocycles. The zero-order valence-electron chi connectivity index (χ0n) is 16.3. The van der Waals surface area contributed by atoms with E-state index in [9.17, 15) is 13.2 Å². The van der Waals surface area contributed by atoms with Gasteiger partial charge in [-0.15, -0.1) is 0 Å². The maximum absolute atomic E-state index is 12.8. The summed E-state index contributed by atoms with van der Waals surface area (Å²) >= 11 is 0. The number of likely N-dealkylation sites (tertiary alicyclic amines) is 1. The van der Waals surface area contributed by atoms with Gasteiger partial charge in [0.25, 0.3) is 0 Å². The molecule has 1 amide bonds. The summed E-state index contributed by atoms with van der Waals surface area (Å²) < 4.78 is 27.0.